The van der Waals surface area contributed by atoms with Crippen molar-refractivity contribution in [3.8, 4) is 22.4 Å². The maximum atomic E-state index is 11.9. The van der Waals surface area contributed by atoms with E-state index in [1.165, 1.54) is 7.11 Å². The third-order valence-corrected chi connectivity index (χ3v) is 5.87. The molecule has 4 heterocycles. The van der Waals surface area contributed by atoms with Crippen LogP contribution in [0.1, 0.15) is 12.0 Å². The van der Waals surface area contributed by atoms with E-state index in [0.717, 1.165) is 53.4 Å². The molecule has 2 aromatic heterocycles. The summed E-state index contributed by atoms with van der Waals surface area (Å²) in [5.74, 6) is 0.844. The number of ether oxygens (including phenoxy) is 1. The molecule has 9 heteroatoms. The lowest BCUT2D eigenvalue weighted by atomic mass is 10.0. The maximum absolute atomic E-state index is 11.9. The number of anilines is 1. The van der Waals surface area contributed by atoms with Gasteiger partial charge in [0.1, 0.15) is 5.82 Å². The highest BCUT2D eigenvalue weighted by Crippen LogP contribution is 2.28. The molecule has 0 radical (unpaired) electrons. The number of methoxy groups -OCH3 is 1. The molecule has 0 saturated carbocycles. The molecule has 0 amide bonds. The third kappa shape index (κ3) is 4.40. The van der Waals surface area contributed by atoms with Crippen molar-refractivity contribution in [1.82, 2.24) is 20.1 Å². The largest absolute Gasteiger partial charge is 0.464 e. The van der Waals surface area contributed by atoms with Crippen molar-refractivity contribution >= 4 is 23.2 Å². The van der Waals surface area contributed by atoms with Gasteiger partial charge in [0.25, 0.3) is 0 Å². The summed E-state index contributed by atoms with van der Waals surface area (Å²) < 4.78 is 6.58. The van der Waals surface area contributed by atoms with Crippen molar-refractivity contribution in [2.24, 2.45) is 23.2 Å². The Labute approximate surface area is 191 Å². The smallest absolute Gasteiger partial charge is 0.354 e. The van der Waals surface area contributed by atoms with Crippen LogP contribution in [-0.2, 0) is 16.6 Å². The number of carbonyl (C=O) groups is 1. The number of benzene rings is 1. The van der Waals surface area contributed by atoms with E-state index in [9.17, 15) is 4.79 Å². The first-order valence-corrected chi connectivity index (χ1v) is 10.9. The van der Waals surface area contributed by atoms with E-state index in [2.05, 4.69) is 38.1 Å². The molecular formula is C24H25N7O2. The van der Waals surface area contributed by atoms with Gasteiger partial charge in [0.2, 0.25) is 0 Å². The van der Waals surface area contributed by atoms with Crippen molar-refractivity contribution in [3.05, 3.63) is 54.4 Å². The molecule has 2 N–H and O–H groups in total. The average Bonchev–Trinajstić information content (AvgIpc) is 3.47. The van der Waals surface area contributed by atoms with Gasteiger partial charge in [-0.25, -0.2) is 9.78 Å². The zero-order valence-electron chi connectivity index (χ0n) is 18.6. The summed E-state index contributed by atoms with van der Waals surface area (Å²) in [5, 5.41) is 19.3. The van der Waals surface area contributed by atoms with E-state index in [1.807, 2.05) is 43.7 Å². The van der Waals surface area contributed by atoms with Gasteiger partial charge >= 0.3 is 5.97 Å². The number of hydrogen-bond acceptors (Lipinski definition) is 8. The SMILES string of the molecule is COC(=O)C1=NN=C(c2ccc(-c3cccc(-c4cnn(C)c4)c3)nc2NCC2CNC2)C1. The zero-order valence-corrected chi connectivity index (χ0v) is 18.6. The van der Waals surface area contributed by atoms with Gasteiger partial charge in [0, 0.05) is 61.9 Å². The Morgan fingerprint density at radius 1 is 1.18 bits per heavy atom. The number of esters is 1. The van der Waals surface area contributed by atoms with Crippen LogP contribution in [0.4, 0.5) is 5.82 Å². The summed E-state index contributed by atoms with van der Waals surface area (Å²) in [4.78, 5) is 16.8. The minimum atomic E-state index is -0.458. The van der Waals surface area contributed by atoms with Crippen molar-refractivity contribution in [3.63, 3.8) is 0 Å². The molecular weight excluding hydrogens is 418 g/mol. The van der Waals surface area contributed by atoms with Crippen LogP contribution in [0, 0.1) is 5.92 Å². The van der Waals surface area contributed by atoms with Crippen LogP contribution in [0.3, 0.4) is 0 Å². The molecule has 0 atom stereocenters. The van der Waals surface area contributed by atoms with Gasteiger partial charge < -0.3 is 15.4 Å². The number of rotatable bonds is 7. The van der Waals surface area contributed by atoms with Crippen LogP contribution in [0.25, 0.3) is 22.4 Å². The van der Waals surface area contributed by atoms with Crippen LogP contribution in [0.2, 0.25) is 0 Å². The molecule has 1 fully saturated rings. The molecule has 0 spiro atoms. The fraction of sp³-hybridized carbons (Fsp3) is 0.292. The fourth-order valence-electron chi connectivity index (χ4n) is 3.88. The fourth-order valence-corrected chi connectivity index (χ4v) is 3.88. The Bertz CT molecular complexity index is 1260. The van der Waals surface area contributed by atoms with E-state index in [4.69, 9.17) is 9.72 Å². The van der Waals surface area contributed by atoms with Gasteiger partial charge in [0.05, 0.1) is 24.7 Å². The monoisotopic (exact) mass is 443 g/mol. The summed E-state index contributed by atoms with van der Waals surface area (Å²) in [6, 6.07) is 12.2. The van der Waals surface area contributed by atoms with Crippen molar-refractivity contribution in [1.29, 1.82) is 0 Å². The first-order valence-electron chi connectivity index (χ1n) is 10.9. The van der Waals surface area contributed by atoms with Crippen molar-refractivity contribution in [2.45, 2.75) is 6.42 Å². The topological polar surface area (TPSA) is 106 Å². The van der Waals surface area contributed by atoms with E-state index in [0.29, 0.717) is 23.8 Å². The van der Waals surface area contributed by atoms with Crippen LogP contribution in [0.15, 0.2) is 59.0 Å². The summed E-state index contributed by atoms with van der Waals surface area (Å²) in [7, 11) is 3.25. The molecule has 3 aromatic rings. The quantitative estimate of drug-likeness (QED) is 0.544. The Kier molecular flexibility index (Phi) is 5.70. The Morgan fingerprint density at radius 2 is 2.03 bits per heavy atom. The van der Waals surface area contributed by atoms with Crippen LogP contribution in [0.5, 0.6) is 0 Å². The molecule has 0 aliphatic carbocycles. The lowest BCUT2D eigenvalue weighted by molar-refractivity contribution is -0.132. The molecule has 33 heavy (non-hydrogen) atoms. The maximum Gasteiger partial charge on any atom is 0.354 e. The molecule has 9 nitrogen and oxygen atoms in total. The van der Waals surface area contributed by atoms with Gasteiger partial charge in [-0.05, 0) is 23.8 Å². The second-order valence-electron chi connectivity index (χ2n) is 8.24. The molecule has 5 rings (SSSR count). The molecule has 168 valence electrons. The van der Waals surface area contributed by atoms with Crippen molar-refractivity contribution in [2.75, 3.05) is 32.1 Å². The molecule has 1 saturated heterocycles. The van der Waals surface area contributed by atoms with E-state index in [1.54, 1.807) is 4.68 Å². The lowest BCUT2D eigenvalue weighted by Gasteiger charge is -2.27. The summed E-state index contributed by atoms with van der Waals surface area (Å²) in [6.45, 7) is 2.79. The van der Waals surface area contributed by atoms with Gasteiger partial charge in [-0.15, -0.1) is 5.10 Å². The molecule has 2 aliphatic rings. The number of hydrogen-bond donors (Lipinski definition) is 2. The first-order chi connectivity index (χ1) is 16.1. The lowest BCUT2D eigenvalue weighted by Crippen LogP contribution is -2.45. The number of pyridine rings is 1. The Morgan fingerprint density at radius 3 is 2.76 bits per heavy atom. The van der Waals surface area contributed by atoms with Gasteiger partial charge in [-0.1, -0.05) is 18.2 Å². The van der Waals surface area contributed by atoms with Gasteiger partial charge in [0.15, 0.2) is 5.71 Å². The Hall–Kier alpha value is -3.85. The van der Waals surface area contributed by atoms with Crippen LogP contribution in [-0.4, -0.2) is 58.9 Å². The minimum absolute atomic E-state index is 0.301. The summed E-state index contributed by atoms with van der Waals surface area (Å²) in [6.07, 6.45) is 4.17. The summed E-state index contributed by atoms with van der Waals surface area (Å²) in [5.41, 5.74) is 5.85. The van der Waals surface area contributed by atoms with Crippen LogP contribution < -0.4 is 10.6 Å². The molecule has 1 aromatic carbocycles. The second kappa shape index (κ2) is 8.95. The van der Waals surface area contributed by atoms with Gasteiger partial charge in [-0.3, -0.25) is 4.68 Å². The van der Waals surface area contributed by atoms with Crippen LogP contribution >= 0.6 is 0 Å². The second-order valence-corrected chi connectivity index (χ2v) is 8.24. The highest BCUT2D eigenvalue weighted by atomic mass is 16.5. The number of aromatic nitrogens is 3. The molecule has 0 bridgehead atoms. The van der Waals surface area contributed by atoms with Gasteiger partial charge in [-0.2, -0.15) is 10.2 Å². The number of aryl methyl sites for hydroxylation is 1. The molecule has 2 aliphatic heterocycles. The third-order valence-electron chi connectivity index (χ3n) is 5.87. The van der Waals surface area contributed by atoms with E-state index < -0.39 is 5.97 Å². The minimum Gasteiger partial charge on any atom is -0.464 e. The predicted molar refractivity (Wildman–Crippen MR) is 127 cm³/mol. The number of carbonyl (C=O) groups excluding carboxylic acids is 1. The summed E-state index contributed by atoms with van der Waals surface area (Å²) >= 11 is 0. The van der Waals surface area contributed by atoms with E-state index >= 15 is 0 Å². The molecule has 0 unspecified atom stereocenters. The first kappa shape index (κ1) is 21.0. The highest BCUT2D eigenvalue weighted by molar-refractivity contribution is 6.42. The Balaban J connectivity index is 1.45. The number of nitrogens with one attached hydrogen (secondary N) is 2. The predicted octanol–water partition coefficient (Wildman–Crippen LogP) is 2.50. The average molecular weight is 444 g/mol. The normalized spacial score (nSPS) is 15.6. The zero-order chi connectivity index (χ0) is 22.8. The number of nitrogens with zero attached hydrogens (tertiary/aromatic N) is 5. The highest BCUT2D eigenvalue weighted by Gasteiger charge is 2.24. The van der Waals surface area contributed by atoms with Crippen molar-refractivity contribution < 1.29 is 9.53 Å². The standard InChI is InChI=1S/C24H25N7O2/c1-31-14-18(13-27-31)16-4-3-5-17(8-16)20-7-6-19(21-9-22(30-29-21)24(32)33-2)23(28-20)26-12-15-10-25-11-15/h3-8,13-15,25H,9-12H2,1-2H3,(H,26,28). The van der Waals surface area contributed by atoms with E-state index in [-0.39, 0.29) is 0 Å².